The molecule has 21 heavy (non-hydrogen) atoms. The van der Waals surface area contributed by atoms with Crippen LogP contribution >= 0.6 is 23.2 Å². The Bertz CT molecular complexity index is 534. The fourth-order valence-corrected chi connectivity index (χ4v) is 2.89. The zero-order chi connectivity index (χ0) is 15.2. The molecule has 1 fully saturated rings. The Hall–Kier alpha value is -1.10. The number of aliphatic carboxylic acids is 1. The van der Waals surface area contributed by atoms with Crippen LogP contribution in [-0.2, 0) is 4.79 Å². The van der Waals surface area contributed by atoms with Crippen molar-refractivity contribution in [1.82, 2.24) is 4.90 Å². The molecular formula is C15H18Cl2N2O2. The highest BCUT2D eigenvalue weighted by molar-refractivity contribution is 6.36. The van der Waals surface area contributed by atoms with Gasteiger partial charge in [-0.15, -0.1) is 0 Å². The second-order valence-electron chi connectivity index (χ2n) is 5.18. The van der Waals surface area contributed by atoms with E-state index in [0.29, 0.717) is 23.1 Å². The van der Waals surface area contributed by atoms with Gasteiger partial charge in [0.1, 0.15) is 0 Å². The van der Waals surface area contributed by atoms with Crippen LogP contribution in [0.15, 0.2) is 23.2 Å². The number of hydrogen-bond acceptors (Lipinski definition) is 3. The highest BCUT2D eigenvalue weighted by Crippen LogP contribution is 2.19. The van der Waals surface area contributed by atoms with Crippen LogP contribution in [0.5, 0.6) is 0 Å². The molecule has 1 aromatic rings. The van der Waals surface area contributed by atoms with Crippen LogP contribution in [-0.4, -0.2) is 48.4 Å². The van der Waals surface area contributed by atoms with E-state index in [0.717, 1.165) is 31.5 Å². The summed E-state index contributed by atoms with van der Waals surface area (Å²) in [5, 5.41) is 10.2. The first-order valence-corrected chi connectivity index (χ1v) is 7.72. The van der Waals surface area contributed by atoms with Gasteiger partial charge in [-0.3, -0.25) is 9.79 Å². The first kappa shape index (κ1) is 16.3. The van der Waals surface area contributed by atoms with Crippen molar-refractivity contribution in [2.45, 2.75) is 12.8 Å². The van der Waals surface area contributed by atoms with Crippen LogP contribution in [0.3, 0.4) is 0 Å². The minimum atomic E-state index is -0.698. The lowest BCUT2D eigenvalue weighted by molar-refractivity contribution is -0.143. The minimum absolute atomic E-state index is 0.242. The van der Waals surface area contributed by atoms with E-state index < -0.39 is 5.97 Å². The topological polar surface area (TPSA) is 52.9 Å². The quantitative estimate of drug-likeness (QED) is 0.844. The molecule has 1 atom stereocenters. The predicted molar refractivity (Wildman–Crippen MR) is 85.7 cm³/mol. The molecule has 1 unspecified atom stereocenters. The summed E-state index contributed by atoms with van der Waals surface area (Å²) in [6, 6.07) is 5.29. The fraction of sp³-hybridized carbons (Fsp3) is 0.467. The largest absolute Gasteiger partial charge is 0.481 e. The third kappa shape index (κ3) is 4.99. The smallest absolute Gasteiger partial charge is 0.307 e. The van der Waals surface area contributed by atoms with Gasteiger partial charge in [-0.1, -0.05) is 29.3 Å². The maximum Gasteiger partial charge on any atom is 0.307 e. The van der Waals surface area contributed by atoms with Gasteiger partial charge in [0.25, 0.3) is 0 Å². The summed E-state index contributed by atoms with van der Waals surface area (Å²) in [5.74, 6) is -0.940. The molecule has 1 aliphatic rings. The molecule has 0 aliphatic carbocycles. The predicted octanol–water partition coefficient (Wildman–Crippen LogP) is 3.21. The maximum atomic E-state index is 11.0. The average Bonchev–Trinajstić information content (AvgIpc) is 2.45. The van der Waals surface area contributed by atoms with Gasteiger partial charge in [-0.25, -0.2) is 0 Å². The first-order valence-electron chi connectivity index (χ1n) is 6.96. The number of hydrogen-bond donors (Lipinski definition) is 1. The molecule has 6 heteroatoms. The van der Waals surface area contributed by atoms with E-state index in [1.54, 1.807) is 18.3 Å². The van der Waals surface area contributed by atoms with Crippen molar-refractivity contribution in [2.24, 2.45) is 10.9 Å². The van der Waals surface area contributed by atoms with Crippen molar-refractivity contribution in [1.29, 1.82) is 0 Å². The Morgan fingerprint density at radius 3 is 3.00 bits per heavy atom. The van der Waals surface area contributed by atoms with Crippen LogP contribution in [0.25, 0.3) is 0 Å². The van der Waals surface area contributed by atoms with Crippen LogP contribution < -0.4 is 0 Å². The van der Waals surface area contributed by atoms with E-state index in [-0.39, 0.29) is 5.92 Å². The Balaban J connectivity index is 1.81. The summed E-state index contributed by atoms with van der Waals surface area (Å²) in [6.07, 6.45) is 3.44. The molecule has 114 valence electrons. The zero-order valence-electron chi connectivity index (χ0n) is 11.6. The second-order valence-corrected chi connectivity index (χ2v) is 6.02. The molecule has 0 amide bonds. The van der Waals surface area contributed by atoms with Crippen molar-refractivity contribution >= 4 is 35.4 Å². The molecule has 1 saturated heterocycles. The number of halogens is 2. The number of rotatable bonds is 5. The van der Waals surface area contributed by atoms with E-state index in [2.05, 4.69) is 9.89 Å². The van der Waals surface area contributed by atoms with Gasteiger partial charge < -0.3 is 10.0 Å². The molecule has 4 nitrogen and oxygen atoms in total. The number of aliphatic imine (C=N–C) groups is 1. The standard InChI is InChI=1S/C15H18Cl2N2O2/c16-13-4-3-11(14(17)8-13)9-18-5-7-19-6-1-2-12(10-19)15(20)21/h3-4,8-9,12H,1-2,5-7,10H2,(H,20,21). The monoisotopic (exact) mass is 328 g/mol. The molecular weight excluding hydrogens is 311 g/mol. The zero-order valence-corrected chi connectivity index (χ0v) is 13.1. The normalized spacial score (nSPS) is 20.0. The lowest BCUT2D eigenvalue weighted by Crippen LogP contribution is -2.39. The number of carboxylic acids is 1. The van der Waals surface area contributed by atoms with E-state index in [4.69, 9.17) is 28.3 Å². The molecule has 2 rings (SSSR count). The number of nitrogens with zero attached hydrogens (tertiary/aromatic N) is 2. The number of carbonyl (C=O) groups is 1. The molecule has 0 spiro atoms. The first-order chi connectivity index (χ1) is 10.1. The van der Waals surface area contributed by atoms with E-state index in [1.807, 2.05) is 6.07 Å². The Labute approximate surface area is 134 Å². The molecule has 0 bridgehead atoms. The number of likely N-dealkylation sites (tertiary alicyclic amines) is 1. The molecule has 1 aliphatic heterocycles. The number of piperidine rings is 1. The molecule has 1 heterocycles. The Kier molecular flexibility index (Phi) is 6.03. The summed E-state index contributed by atoms with van der Waals surface area (Å²) in [5.41, 5.74) is 0.836. The average molecular weight is 329 g/mol. The van der Waals surface area contributed by atoms with Crippen molar-refractivity contribution in [2.75, 3.05) is 26.2 Å². The van der Waals surface area contributed by atoms with Crippen molar-refractivity contribution in [3.8, 4) is 0 Å². The third-order valence-electron chi connectivity index (χ3n) is 3.59. The second kappa shape index (κ2) is 7.78. The van der Waals surface area contributed by atoms with Crippen molar-refractivity contribution < 1.29 is 9.90 Å². The van der Waals surface area contributed by atoms with Crippen molar-refractivity contribution in [3.05, 3.63) is 33.8 Å². The van der Waals surface area contributed by atoms with Gasteiger partial charge >= 0.3 is 5.97 Å². The maximum absolute atomic E-state index is 11.0. The summed E-state index contributed by atoms with van der Waals surface area (Å²) >= 11 is 11.9. The Morgan fingerprint density at radius 2 is 2.29 bits per heavy atom. The summed E-state index contributed by atoms with van der Waals surface area (Å²) in [6.45, 7) is 2.96. The minimum Gasteiger partial charge on any atom is -0.481 e. The lowest BCUT2D eigenvalue weighted by atomic mass is 9.98. The third-order valence-corrected chi connectivity index (χ3v) is 4.16. The highest BCUT2D eigenvalue weighted by Gasteiger charge is 2.24. The van der Waals surface area contributed by atoms with Crippen molar-refractivity contribution in [3.63, 3.8) is 0 Å². The highest BCUT2D eigenvalue weighted by atomic mass is 35.5. The lowest BCUT2D eigenvalue weighted by Gasteiger charge is -2.29. The van der Waals surface area contributed by atoms with Gasteiger partial charge in [0.05, 0.1) is 17.5 Å². The molecule has 0 saturated carbocycles. The van der Waals surface area contributed by atoms with E-state index in [9.17, 15) is 4.79 Å². The Morgan fingerprint density at radius 1 is 1.48 bits per heavy atom. The number of carboxylic acid groups (broad SMARTS) is 1. The van der Waals surface area contributed by atoms with Crippen LogP contribution in [0, 0.1) is 5.92 Å². The molecule has 0 aromatic heterocycles. The van der Waals surface area contributed by atoms with Gasteiger partial charge in [0.15, 0.2) is 0 Å². The summed E-state index contributed by atoms with van der Waals surface area (Å²) in [7, 11) is 0. The van der Waals surface area contributed by atoms with Crippen LogP contribution in [0.1, 0.15) is 18.4 Å². The van der Waals surface area contributed by atoms with Gasteiger partial charge in [-0.2, -0.15) is 0 Å². The summed E-state index contributed by atoms with van der Waals surface area (Å²) < 4.78 is 0. The SMILES string of the molecule is O=C(O)C1CCCN(CCN=Cc2ccc(Cl)cc2Cl)C1. The fourth-order valence-electron chi connectivity index (χ4n) is 2.43. The van der Waals surface area contributed by atoms with Crippen LogP contribution in [0.2, 0.25) is 10.0 Å². The van der Waals surface area contributed by atoms with E-state index >= 15 is 0 Å². The summed E-state index contributed by atoms with van der Waals surface area (Å²) in [4.78, 5) is 17.5. The molecule has 1 N–H and O–H groups in total. The van der Waals surface area contributed by atoms with Gasteiger partial charge in [-0.05, 0) is 31.5 Å². The molecule has 0 radical (unpaired) electrons. The van der Waals surface area contributed by atoms with Gasteiger partial charge in [0, 0.05) is 29.9 Å². The van der Waals surface area contributed by atoms with Crippen LogP contribution in [0.4, 0.5) is 0 Å². The number of benzene rings is 1. The van der Waals surface area contributed by atoms with Gasteiger partial charge in [0.2, 0.25) is 0 Å². The van der Waals surface area contributed by atoms with E-state index in [1.165, 1.54) is 0 Å². The molecule has 1 aromatic carbocycles.